The number of halogens is 1. The molecule has 0 unspecified atom stereocenters. The highest BCUT2D eigenvalue weighted by molar-refractivity contribution is 9.09. The van der Waals surface area contributed by atoms with Crippen LogP contribution in [0.3, 0.4) is 0 Å². The van der Waals surface area contributed by atoms with Gasteiger partial charge < -0.3 is 0 Å². The molecule has 1 rings (SSSR count). The van der Waals surface area contributed by atoms with Crippen LogP contribution in [-0.4, -0.2) is 21.4 Å². The van der Waals surface area contributed by atoms with Crippen LogP contribution in [0.1, 0.15) is 23.2 Å². The average molecular weight is 231 g/mol. The monoisotopic (exact) mass is 230 g/mol. The fraction of sp³-hybridized carbons (Fsp3) is 0.500. The van der Waals surface area contributed by atoms with E-state index in [1.165, 1.54) is 0 Å². The number of rotatable bonds is 5. The molecule has 0 aromatic carbocycles. The molecule has 0 N–H and O–H groups in total. The summed E-state index contributed by atoms with van der Waals surface area (Å²) < 4.78 is 1.80. The number of unbranched alkanes of at least 4 members (excludes halogenated alkanes) is 1. The highest BCUT2D eigenvalue weighted by atomic mass is 79.9. The zero-order valence-corrected chi connectivity index (χ0v) is 8.33. The van der Waals surface area contributed by atoms with Crippen molar-refractivity contribution in [2.75, 3.05) is 5.33 Å². The molecule has 0 saturated carbocycles. The Morgan fingerprint density at radius 3 is 3.00 bits per heavy atom. The van der Waals surface area contributed by atoms with E-state index in [9.17, 15) is 4.79 Å². The summed E-state index contributed by atoms with van der Waals surface area (Å²) >= 11 is 3.36. The molecule has 4 heteroatoms. The van der Waals surface area contributed by atoms with Crippen LogP contribution in [0.5, 0.6) is 0 Å². The highest BCUT2D eigenvalue weighted by Crippen LogP contribution is 1.99. The Morgan fingerprint density at radius 1 is 1.58 bits per heavy atom. The van der Waals surface area contributed by atoms with E-state index in [1.54, 1.807) is 17.1 Å². The number of hydrogen-bond donors (Lipinski definition) is 0. The van der Waals surface area contributed by atoms with Gasteiger partial charge in [0.1, 0.15) is 0 Å². The van der Waals surface area contributed by atoms with Crippen molar-refractivity contribution in [3.05, 3.63) is 18.0 Å². The maximum Gasteiger partial charge on any atom is 0.153 e. The first-order valence-corrected chi connectivity index (χ1v) is 5.02. The van der Waals surface area contributed by atoms with Crippen molar-refractivity contribution in [3.8, 4) is 0 Å². The molecule has 1 heterocycles. The van der Waals surface area contributed by atoms with Gasteiger partial charge in [-0.15, -0.1) is 0 Å². The van der Waals surface area contributed by atoms with Crippen LogP contribution >= 0.6 is 15.9 Å². The third-order valence-electron chi connectivity index (χ3n) is 1.56. The summed E-state index contributed by atoms with van der Waals surface area (Å²) in [4.78, 5) is 10.3. The maximum absolute atomic E-state index is 10.3. The Morgan fingerprint density at radius 2 is 2.42 bits per heavy atom. The average Bonchev–Trinajstić information content (AvgIpc) is 2.53. The molecule has 1 aromatic heterocycles. The molecule has 0 fully saturated rings. The van der Waals surface area contributed by atoms with E-state index in [4.69, 9.17) is 0 Å². The number of hydrogen-bond acceptors (Lipinski definition) is 2. The summed E-state index contributed by atoms with van der Waals surface area (Å²) in [7, 11) is 0. The van der Waals surface area contributed by atoms with Crippen LogP contribution in [0.25, 0.3) is 0 Å². The van der Waals surface area contributed by atoms with Gasteiger partial charge in [-0.25, -0.2) is 0 Å². The third kappa shape index (κ3) is 2.77. The van der Waals surface area contributed by atoms with Crippen LogP contribution in [0.15, 0.2) is 12.4 Å². The van der Waals surface area contributed by atoms with Gasteiger partial charge in [0, 0.05) is 18.1 Å². The second-order valence-corrected chi connectivity index (χ2v) is 3.34. The summed E-state index contributed by atoms with van der Waals surface area (Å²) in [6.07, 6.45) is 6.39. The van der Waals surface area contributed by atoms with Crippen LogP contribution in [-0.2, 0) is 6.54 Å². The van der Waals surface area contributed by atoms with Gasteiger partial charge in [-0.1, -0.05) is 15.9 Å². The molecule has 0 aliphatic heterocycles. The lowest BCUT2D eigenvalue weighted by Crippen LogP contribution is -1.98. The highest BCUT2D eigenvalue weighted by Gasteiger charge is 1.95. The molecular weight excluding hydrogens is 220 g/mol. The van der Waals surface area contributed by atoms with Crippen LogP contribution in [0.2, 0.25) is 0 Å². The van der Waals surface area contributed by atoms with E-state index in [0.29, 0.717) is 5.56 Å². The molecule has 0 aliphatic rings. The van der Waals surface area contributed by atoms with Crippen molar-refractivity contribution in [1.82, 2.24) is 9.78 Å². The Kier molecular flexibility index (Phi) is 4.00. The predicted octanol–water partition coefficient (Wildman–Crippen LogP) is 1.87. The largest absolute Gasteiger partial charge is 0.298 e. The minimum absolute atomic E-state index is 0.647. The smallest absolute Gasteiger partial charge is 0.153 e. The lowest BCUT2D eigenvalue weighted by atomic mass is 10.3. The Bertz CT molecular complexity index is 247. The van der Waals surface area contributed by atoms with Crippen LogP contribution < -0.4 is 0 Å². The molecule has 12 heavy (non-hydrogen) atoms. The van der Waals surface area contributed by atoms with Gasteiger partial charge in [0.25, 0.3) is 0 Å². The van der Waals surface area contributed by atoms with Crippen molar-refractivity contribution in [2.45, 2.75) is 19.4 Å². The van der Waals surface area contributed by atoms with Crippen molar-refractivity contribution < 1.29 is 4.79 Å². The number of carbonyl (C=O) groups excluding carboxylic acids is 1. The van der Waals surface area contributed by atoms with Crippen molar-refractivity contribution in [1.29, 1.82) is 0 Å². The van der Waals surface area contributed by atoms with Gasteiger partial charge in [-0.2, -0.15) is 5.10 Å². The molecule has 0 saturated heterocycles. The number of aryl methyl sites for hydroxylation is 1. The second-order valence-electron chi connectivity index (χ2n) is 2.55. The first-order chi connectivity index (χ1) is 5.86. The van der Waals surface area contributed by atoms with Gasteiger partial charge >= 0.3 is 0 Å². The minimum atomic E-state index is 0.647. The van der Waals surface area contributed by atoms with E-state index < -0.39 is 0 Å². The van der Waals surface area contributed by atoms with Crippen molar-refractivity contribution in [2.24, 2.45) is 0 Å². The lowest BCUT2D eigenvalue weighted by Gasteiger charge is -1.97. The number of nitrogens with zero attached hydrogens (tertiary/aromatic N) is 2. The van der Waals surface area contributed by atoms with E-state index in [2.05, 4.69) is 21.0 Å². The zero-order valence-electron chi connectivity index (χ0n) is 6.74. The second kappa shape index (κ2) is 5.09. The molecule has 0 spiro atoms. The molecule has 3 nitrogen and oxygen atoms in total. The molecular formula is C8H11BrN2O. The molecule has 0 atom stereocenters. The van der Waals surface area contributed by atoms with Gasteiger partial charge in [0.2, 0.25) is 0 Å². The van der Waals surface area contributed by atoms with Gasteiger partial charge in [-0.05, 0) is 12.8 Å². The van der Waals surface area contributed by atoms with E-state index >= 15 is 0 Å². The number of aromatic nitrogens is 2. The summed E-state index contributed by atoms with van der Waals surface area (Å²) in [5.74, 6) is 0. The SMILES string of the molecule is O=Cc1cnn(CCCCBr)c1. The quantitative estimate of drug-likeness (QED) is 0.440. The molecule has 66 valence electrons. The van der Waals surface area contributed by atoms with Crippen LogP contribution in [0.4, 0.5) is 0 Å². The summed E-state index contributed by atoms with van der Waals surface area (Å²) in [5, 5.41) is 5.05. The standard InChI is InChI=1S/C8H11BrN2O/c9-3-1-2-4-11-6-8(7-12)5-10-11/h5-7H,1-4H2. The van der Waals surface area contributed by atoms with Gasteiger partial charge in [0.05, 0.1) is 11.8 Å². The van der Waals surface area contributed by atoms with E-state index in [-0.39, 0.29) is 0 Å². The van der Waals surface area contributed by atoms with E-state index in [0.717, 1.165) is 31.0 Å². The minimum Gasteiger partial charge on any atom is -0.298 e. The predicted molar refractivity (Wildman–Crippen MR) is 50.6 cm³/mol. The molecule has 0 radical (unpaired) electrons. The van der Waals surface area contributed by atoms with Crippen molar-refractivity contribution in [3.63, 3.8) is 0 Å². The normalized spacial score (nSPS) is 10.1. The first kappa shape index (κ1) is 9.45. The third-order valence-corrected chi connectivity index (χ3v) is 2.12. The first-order valence-electron chi connectivity index (χ1n) is 3.90. The Balaban J connectivity index is 2.36. The number of aldehydes is 1. The fourth-order valence-corrected chi connectivity index (χ4v) is 1.33. The topological polar surface area (TPSA) is 34.9 Å². The summed E-state index contributed by atoms with van der Waals surface area (Å²) in [6.45, 7) is 0.888. The Labute approximate surface area is 79.9 Å². The maximum atomic E-state index is 10.3. The van der Waals surface area contributed by atoms with Crippen LogP contribution in [0, 0.1) is 0 Å². The summed E-state index contributed by atoms with van der Waals surface area (Å²) in [5.41, 5.74) is 0.647. The molecule has 0 aliphatic carbocycles. The summed E-state index contributed by atoms with van der Waals surface area (Å²) in [6, 6.07) is 0. The molecule has 0 bridgehead atoms. The molecule has 0 amide bonds. The van der Waals surface area contributed by atoms with Crippen molar-refractivity contribution >= 4 is 22.2 Å². The Hall–Kier alpha value is -0.640. The number of carbonyl (C=O) groups is 1. The zero-order chi connectivity index (χ0) is 8.81. The van der Waals surface area contributed by atoms with Gasteiger partial charge in [0.15, 0.2) is 6.29 Å². The fourth-order valence-electron chi connectivity index (χ4n) is 0.931. The lowest BCUT2D eigenvalue weighted by molar-refractivity contribution is 0.112. The molecule has 1 aromatic rings. The number of alkyl halides is 1. The van der Waals surface area contributed by atoms with E-state index in [1.807, 2.05) is 0 Å². The van der Waals surface area contributed by atoms with Gasteiger partial charge in [-0.3, -0.25) is 9.48 Å².